The molecule has 6 nitrogen and oxygen atoms in total. The summed E-state index contributed by atoms with van der Waals surface area (Å²) in [5.74, 6) is -0.459. The first-order valence-corrected chi connectivity index (χ1v) is 10.5. The smallest absolute Gasteiger partial charge is 0.290 e. The van der Waals surface area contributed by atoms with E-state index in [1.54, 1.807) is 35.7 Å². The zero-order chi connectivity index (χ0) is 22.0. The van der Waals surface area contributed by atoms with E-state index in [-0.39, 0.29) is 17.9 Å². The predicted molar refractivity (Wildman–Crippen MR) is 118 cm³/mol. The lowest BCUT2D eigenvalue weighted by molar-refractivity contribution is -0.130. The Hall–Kier alpha value is -3.58. The number of rotatable bonds is 7. The first kappa shape index (κ1) is 20.7. The number of ketones is 1. The Morgan fingerprint density at radius 1 is 1.03 bits per heavy atom. The van der Waals surface area contributed by atoms with Gasteiger partial charge in [-0.2, -0.15) is 0 Å². The van der Waals surface area contributed by atoms with Gasteiger partial charge in [0.05, 0.1) is 30.7 Å². The highest BCUT2D eigenvalue weighted by molar-refractivity contribution is 7.12. The second-order valence-electron chi connectivity index (χ2n) is 7.00. The summed E-state index contributed by atoms with van der Waals surface area (Å²) in [5, 5.41) is 12.5. The van der Waals surface area contributed by atoms with Crippen molar-refractivity contribution >= 4 is 23.0 Å². The minimum atomic E-state index is -0.762. The number of Topliss-reactive ketones (excluding diaryl/α,β-unsaturated/α-hetero) is 1. The summed E-state index contributed by atoms with van der Waals surface area (Å²) in [6, 6.07) is 17.4. The zero-order valence-electron chi connectivity index (χ0n) is 17.1. The number of methoxy groups -OCH3 is 2. The third kappa shape index (κ3) is 3.80. The molecule has 0 saturated carbocycles. The van der Waals surface area contributed by atoms with E-state index in [4.69, 9.17) is 9.47 Å². The van der Waals surface area contributed by atoms with Crippen molar-refractivity contribution in [3.8, 4) is 11.5 Å². The molecule has 1 unspecified atom stereocenters. The molecule has 1 N–H and O–H groups in total. The fourth-order valence-electron chi connectivity index (χ4n) is 3.74. The van der Waals surface area contributed by atoms with Gasteiger partial charge in [0, 0.05) is 6.54 Å². The van der Waals surface area contributed by atoms with Crippen LogP contribution in [-0.2, 0) is 11.3 Å². The van der Waals surface area contributed by atoms with E-state index in [1.165, 1.54) is 30.5 Å². The standard InChI is InChI=1S/C24H21NO5S/c1-29-17-11-10-16(13-18(17)30-2)21-20(22(26)19-9-6-12-31-19)23(27)24(28)25(21)14-15-7-4-3-5-8-15/h3-13,21,27H,14H2,1-2H3. The van der Waals surface area contributed by atoms with Crippen molar-refractivity contribution in [2.24, 2.45) is 0 Å². The second-order valence-corrected chi connectivity index (χ2v) is 7.95. The molecule has 4 rings (SSSR count). The lowest BCUT2D eigenvalue weighted by Gasteiger charge is -2.27. The number of aliphatic hydroxyl groups excluding tert-OH is 1. The molecule has 7 heteroatoms. The minimum absolute atomic E-state index is 0.0654. The molecule has 2 aromatic carbocycles. The highest BCUT2D eigenvalue weighted by Gasteiger charge is 2.44. The van der Waals surface area contributed by atoms with Gasteiger partial charge < -0.3 is 19.5 Å². The molecule has 158 valence electrons. The Kier molecular flexibility index (Phi) is 5.77. The van der Waals surface area contributed by atoms with E-state index in [0.29, 0.717) is 21.9 Å². The molecule has 0 spiro atoms. The van der Waals surface area contributed by atoms with Crippen LogP contribution in [0.2, 0.25) is 0 Å². The van der Waals surface area contributed by atoms with E-state index in [1.807, 2.05) is 30.3 Å². The van der Waals surface area contributed by atoms with Gasteiger partial charge in [0.2, 0.25) is 5.78 Å². The zero-order valence-corrected chi connectivity index (χ0v) is 17.9. The molecule has 0 radical (unpaired) electrons. The van der Waals surface area contributed by atoms with Crippen molar-refractivity contribution < 1.29 is 24.2 Å². The molecule has 1 amide bonds. The number of carbonyl (C=O) groups excluding carboxylic acids is 2. The number of nitrogens with zero attached hydrogens (tertiary/aromatic N) is 1. The monoisotopic (exact) mass is 435 g/mol. The lowest BCUT2D eigenvalue weighted by Crippen LogP contribution is -2.30. The van der Waals surface area contributed by atoms with Gasteiger partial charge in [-0.05, 0) is 34.7 Å². The normalized spacial score (nSPS) is 16.0. The number of thiophene rings is 1. The van der Waals surface area contributed by atoms with Crippen molar-refractivity contribution in [1.29, 1.82) is 0 Å². The van der Waals surface area contributed by atoms with E-state index >= 15 is 0 Å². The van der Waals surface area contributed by atoms with Crippen molar-refractivity contribution in [2.45, 2.75) is 12.6 Å². The van der Waals surface area contributed by atoms with Crippen LogP contribution >= 0.6 is 11.3 Å². The Bertz CT molecular complexity index is 1140. The summed E-state index contributed by atoms with van der Waals surface area (Å²) in [7, 11) is 3.06. The van der Waals surface area contributed by atoms with E-state index in [2.05, 4.69) is 0 Å². The summed E-state index contributed by atoms with van der Waals surface area (Å²) in [6.07, 6.45) is 0. The van der Waals surface area contributed by atoms with Gasteiger partial charge in [-0.25, -0.2) is 0 Å². The summed E-state index contributed by atoms with van der Waals surface area (Å²) in [5.41, 5.74) is 1.60. The minimum Gasteiger partial charge on any atom is -0.503 e. The van der Waals surface area contributed by atoms with Gasteiger partial charge in [0.15, 0.2) is 17.3 Å². The molecule has 1 aliphatic rings. The Morgan fingerprint density at radius 3 is 2.42 bits per heavy atom. The third-order valence-corrected chi connectivity index (χ3v) is 6.08. The van der Waals surface area contributed by atoms with Crippen LogP contribution in [0.5, 0.6) is 11.5 Å². The average Bonchev–Trinajstić information content (AvgIpc) is 3.42. The molecule has 1 aromatic heterocycles. The number of benzene rings is 2. The van der Waals surface area contributed by atoms with Gasteiger partial charge in [-0.15, -0.1) is 11.3 Å². The van der Waals surface area contributed by atoms with Crippen molar-refractivity contribution in [1.82, 2.24) is 4.90 Å². The molecule has 2 heterocycles. The Morgan fingerprint density at radius 2 is 1.77 bits per heavy atom. The maximum atomic E-state index is 13.3. The molecule has 0 fully saturated rings. The van der Waals surface area contributed by atoms with Crippen molar-refractivity contribution in [2.75, 3.05) is 14.2 Å². The molecular formula is C24H21NO5S. The number of hydrogen-bond donors (Lipinski definition) is 1. The molecule has 0 aliphatic carbocycles. The third-order valence-electron chi connectivity index (χ3n) is 5.21. The molecule has 1 aliphatic heterocycles. The summed E-state index contributed by atoms with van der Waals surface area (Å²) >= 11 is 1.27. The first-order chi connectivity index (χ1) is 15.0. The van der Waals surface area contributed by atoms with Crippen LogP contribution in [-0.4, -0.2) is 35.9 Å². The topological polar surface area (TPSA) is 76.1 Å². The first-order valence-electron chi connectivity index (χ1n) is 9.63. The van der Waals surface area contributed by atoms with Crippen LogP contribution in [0.15, 0.2) is 77.4 Å². The van der Waals surface area contributed by atoms with Crippen LogP contribution in [0.4, 0.5) is 0 Å². The highest BCUT2D eigenvalue weighted by atomic mass is 32.1. The number of ether oxygens (including phenoxy) is 2. The summed E-state index contributed by atoms with van der Waals surface area (Å²) in [4.78, 5) is 28.3. The summed E-state index contributed by atoms with van der Waals surface area (Å²) < 4.78 is 10.7. The molecular weight excluding hydrogens is 414 g/mol. The quantitative estimate of drug-likeness (QED) is 0.551. The lowest BCUT2D eigenvalue weighted by atomic mass is 9.95. The molecule has 0 saturated heterocycles. The van der Waals surface area contributed by atoms with Gasteiger partial charge in [0.1, 0.15) is 0 Å². The number of hydrogen-bond acceptors (Lipinski definition) is 6. The van der Waals surface area contributed by atoms with Crippen LogP contribution in [0.1, 0.15) is 26.8 Å². The fraction of sp³-hybridized carbons (Fsp3) is 0.167. The number of carbonyl (C=O) groups is 2. The van der Waals surface area contributed by atoms with Gasteiger partial charge in [-0.1, -0.05) is 42.5 Å². The maximum Gasteiger partial charge on any atom is 0.290 e. The maximum absolute atomic E-state index is 13.3. The number of amides is 1. The van der Waals surface area contributed by atoms with Crippen LogP contribution in [0.3, 0.4) is 0 Å². The molecule has 0 bridgehead atoms. The van der Waals surface area contributed by atoms with Crippen LogP contribution in [0.25, 0.3) is 0 Å². The van der Waals surface area contributed by atoms with E-state index in [0.717, 1.165) is 5.56 Å². The van der Waals surface area contributed by atoms with Crippen molar-refractivity contribution in [3.63, 3.8) is 0 Å². The molecule has 1 atom stereocenters. The second kappa shape index (κ2) is 8.65. The van der Waals surface area contributed by atoms with Crippen molar-refractivity contribution in [3.05, 3.63) is 93.4 Å². The predicted octanol–water partition coefficient (Wildman–Crippen LogP) is 4.54. The molecule has 31 heavy (non-hydrogen) atoms. The van der Waals surface area contributed by atoms with Gasteiger partial charge >= 0.3 is 0 Å². The average molecular weight is 436 g/mol. The Labute approximate surface area is 184 Å². The SMILES string of the molecule is COc1ccc(C2C(C(=O)c3cccs3)=C(O)C(=O)N2Cc2ccccc2)cc1OC. The Balaban J connectivity index is 1.83. The van der Waals surface area contributed by atoms with E-state index < -0.39 is 17.7 Å². The van der Waals surface area contributed by atoms with E-state index in [9.17, 15) is 14.7 Å². The van der Waals surface area contributed by atoms with Gasteiger partial charge in [-0.3, -0.25) is 9.59 Å². The summed E-state index contributed by atoms with van der Waals surface area (Å²) in [6.45, 7) is 0.240. The number of aliphatic hydroxyl groups is 1. The van der Waals surface area contributed by atoms with Crippen LogP contribution in [0, 0.1) is 0 Å². The van der Waals surface area contributed by atoms with Gasteiger partial charge in [0.25, 0.3) is 5.91 Å². The van der Waals surface area contributed by atoms with Crippen LogP contribution < -0.4 is 9.47 Å². The fourth-order valence-corrected chi connectivity index (χ4v) is 4.42. The highest BCUT2D eigenvalue weighted by Crippen LogP contribution is 2.42. The largest absolute Gasteiger partial charge is 0.503 e. The molecule has 3 aromatic rings.